The molecule has 0 amide bonds. The lowest BCUT2D eigenvalue weighted by Crippen LogP contribution is -1.94. The van der Waals surface area contributed by atoms with E-state index in [9.17, 15) is 8.76 Å². The first-order valence-electron chi connectivity index (χ1n) is 4.34. The highest BCUT2D eigenvalue weighted by molar-refractivity contribution is 7.79. The van der Waals surface area contributed by atoms with Crippen molar-refractivity contribution in [3.05, 3.63) is 29.8 Å². The molecule has 1 aromatic carbocycles. The maximum atomic E-state index is 10.7. The molecular weight excluding hydrogens is 184 g/mol. The van der Waals surface area contributed by atoms with Crippen LogP contribution >= 0.6 is 0 Å². The Kier molecular flexibility index (Phi) is 3.63. The van der Waals surface area contributed by atoms with E-state index in [0.717, 1.165) is 12.0 Å². The molecule has 2 nitrogen and oxygen atoms in total. The largest absolute Gasteiger partial charge is 0.768 e. The van der Waals surface area contributed by atoms with Crippen LogP contribution in [0.25, 0.3) is 0 Å². The topological polar surface area (TPSA) is 40.1 Å². The maximum absolute atomic E-state index is 10.7. The summed E-state index contributed by atoms with van der Waals surface area (Å²) in [5.41, 5.74) is 1.09. The lowest BCUT2D eigenvalue weighted by Gasteiger charge is -2.11. The molecule has 0 aliphatic heterocycles. The summed E-state index contributed by atoms with van der Waals surface area (Å²) in [6, 6.07) is 7.09. The number of hydrogen-bond donors (Lipinski definition) is 0. The van der Waals surface area contributed by atoms with Gasteiger partial charge in [-0.15, -0.1) is 0 Å². The van der Waals surface area contributed by atoms with Crippen LogP contribution in [-0.2, 0) is 11.1 Å². The molecule has 0 spiro atoms. The lowest BCUT2D eigenvalue weighted by atomic mass is 9.99. The van der Waals surface area contributed by atoms with E-state index in [1.165, 1.54) is 0 Å². The summed E-state index contributed by atoms with van der Waals surface area (Å²) in [7, 11) is 0. The zero-order valence-electron chi connectivity index (χ0n) is 7.82. The summed E-state index contributed by atoms with van der Waals surface area (Å²) >= 11 is -2.11. The molecule has 2 atom stereocenters. The van der Waals surface area contributed by atoms with E-state index in [1.54, 1.807) is 18.2 Å². The first-order valence-corrected chi connectivity index (χ1v) is 5.42. The van der Waals surface area contributed by atoms with Crippen molar-refractivity contribution in [2.45, 2.75) is 31.1 Å². The van der Waals surface area contributed by atoms with E-state index >= 15 is 0 Å². The fourth-order valence-electron chi connectivity index (χ4n) is 1.16. The normalized spacial score (nSPS) is 15.3. The molecule has 0 aliphatic carbocycles. The van der Waals surface area contributed by atoms with Crippen molar-refractivity contribution in [1.82, 2.24) is 0 Å². The summed E-state index contributed by atoms with van der Waals surface area (Å²) in [5.74, 6) is 0.420. The van der Waals surface area contributed by atoms with Gasteiger partial charge in [0, 0.05) is 4.90 Å². The Morgan fingerprint density at radius 2 is 2.23 bits per heavy atom. The van der Waals surface area contributed by atoms with E-state index < -0.39 is 11.1 Å². The second-order valence-corrected chi connectivity index (χ2v) is 4.06. The predicted molar refractivity (Wildman–Crippen MR) is 52.3 cm³/mol. The molecule has 13 heavy (non-hydrogen) atoms. The van der Waals surface area contributed by atoms with Gasteiger partial charge in [-0.1, -0.05) is 26.0 Å². The smallest absolute Gasteiger partial charge is 0.0251 e. The predicted octanol–water partition coefficient (Wildman–Crippen LogP) is 2.44. The maximum Gasteiger partial charge on any atom is 0.0251 e. The van der Waals surface area contributed by atoms with E-state index in [1.807, 2.05) is 6.07 Å². The molecule has 1 rings (SSSR count). The van der Waals surface area contributed by atoms with Crippen LogP contribution in [0.1, 0.15) is 31.7 Å². The van der Waals surface area contributed by atoms with Gasteiger partial charge in [-0.2, -0.15) is 0 Å². The van der Waals surface area contributed by atoms with Crippen molar-refractivity contribution >= 4 is 11.1 Å². The van der Waals surface area contributed by atoms with Crippen LogP contribution < -0.4 is 0 Å². The van der Waals surface area contributed by atoms with Crippen LogP contribution in [-0.4, -0.2) is 8.76 Å². The minimum absolute atomic E-state index is 0.373. The van der Waals surface area contributed by atoms with Gasteiger partial charge in [0.25, 0.3) is 0 Å². The quantitative estimate of drug-likeness (QED) is 0.698. The van der Waals surface area contributed by atoms with Crippen LogP contribution in [0.5, 0.6) is 0 Å². The molecule has 0 saturated heterocycles. The first-order chi connectivity index (χ1) is 6.15. The molecule has 72 valence electrons. The third-order valence-electron chi connectivity index (χ3n) is 2.23. The van der Waals surface area contributed by atoms with Crippen LogP contribution in [0.3, 0.4) is 0 Å². The molecule has 3 heteroatoms. The standard InChI is InChI=1S/C10H14O2S/c1-3-8(2)9-5-4-6-10(7-9)13(11)12/h4-8H,3H2,1-2H3,(H,11,12)/p-1. The van der Waals surface area contributed by atoms with Gasteiger partial charge in [0.15, 0.2) is 0 Å². The summed E-state index contributed by atoms with van der Waals surface area (Å²) < 4.78 is 21.3. The van der Waals surface area contributed by atoms with Gasteiger partial charge in [0.1, 0.15) is 0 Å². The number of benzene rings is 1. The third-order valence-corrected chi connectivity index (χ3v) is 2.87. The van der Waals surface area contributed by atoms with Gasteiger partial charge in [0.2, 0.25) is 0 Å². The second-order valence-electron chi connectivity index (χ2n) is 3.12. The van der Waals surface area contributed by atoms with Crippen LogP contribution in [0.15, 0.2) is 29.2 Å². The molecule has 0 N–H and O–H groups in total. The van der Waals surface area contributed by atoms with Crippen molar-refractivity contribution in [3.8, 4) is 0 Å². The molecule has 0 radical (unpaired) electrons. The van der Waals surface area contributed by atoms with Gasteiger partial charge in [-0.3, -0.25) is 4.21 Å². The zero-order valence-corrected chi connectivity index (χ0v) is 8.64. The average Bonchev–Trinajstić information content (AvgIpc) is 2.17. The van der Waals surface area contributed by atoms with Gasteiger partial charge in [0.05, 0.1) is 0 Å². The minimum atomic E-state index is -2.11. The van der Waals surface area contributed by atoms with Crippen molar-refractivity contribution in [2.24, 2.45) is 0 Å². The van der Waals surface area contributed by atoms with Crippen LogP contribution in [0, 0.1) is 0 Å². The second kappa shape index (κ2) is 4.53. The summed E-state index contributed by atoms with van der Waals surface area (Å²) in [6.45, 7) is 4.18. The Balaban J connectivity index is 2.98. The number of hydrogen-bond acceptors (Lipinski definition) is 2. The van der Waals surface area contributed by atoms with Crippen LogP contribution in [0.4, 0.5) is 0 Å². The monoisotopic (exact) mass is 197 g/mol. The van der Waals surface area contributed by atoms with Gasteiger partial charge in [-0.05, 0) is 41.1 Å². The van der Waals surface area contributed by atoms with E-state index in [4.69, 9.17) is 0 Å². The SMILES string of the molecule is CCC(C)c1cccc(S(=O)[O-])c1. The highest BCUT2D eigenvalue weighted by atomic mass is 32.2. The Labute approximate surface area is 81.3 Å². The van der Waals surface area contributed by atoms with E-state index in [2.05, 4.69) is 13.8 Å². The molecule has 0 saturated carbocycles. The summed E-state index contributed by atoms with van der Waals surface area (Å²) in [5, 5.41) is 0. The van der Waals surface area contributed by atoms with E-state index in [-0.39, 0.29) is 0 Å². The molecular formula is C10H13O2S-. The third kappa shape index (κ3) is 2.64. The summed E-state index contributed by atoms with van der Waals surface area (Å²) in [4.78, 5) is 0.373. The summed E-state index contributed by atoms with van der Waals surface area (Å²) in [6.07, 6.45) is 1.02. The number of rotatable bonds is 3. The molecule has 0 fully saturated rings. The Morgan fingerprint density at radius 3 is 2.77 bits per heavy atom. The Morgan fingerprint density at radius 1 is 1.54 bits per heavy atom. The van der Waals surface area contributed by atoms with Crippen molar-refractivity contribution < 1.29 is 8.76 Å². The molecule has 2 unspecified atom stereocenters. The molecule has 1 aromatic rings. The molecule has 0 bridgehead atoms. The van der Waals surface area contributed by atoms with Gasteiger partial charge in [-0.25, -0.2) is 0 Å². The average molecular weight is 197 g/mol. The van der Waals surface area contributed by atoms with Crippen molar-refractivity contribution in [2.75, 3.05) is 0 Å². The minimum Gasteiger partial charge on any atom is -0.768 e. The molecule has 0 heterocycles. The molecule has 0 aromatic heterocycles. The lowest BCUT2D eigenvalue weighted by molar-refractivity contribution is 0.537. The van der Waals surface area contributed by atoms with Crippen molar-refractivity contribution in [3.63, 3.8) is 0 Å². The van der Waals surface area contributed by atoms with E-state index in [0.29, 0.717) is 10.8 Å². The van der Waals surface area contributed by atoms with Crippen LogP contribution in [0.2, 0.25) is 0 Å². The zero-order chi connectivity index (χ0) is 9.84. The van der Waals surface area contributed by atoms with Gasteiger partial charge < -0.3 is 4.55 Å². The Bertz CT molecular complexity index is 310. The highest BCUT2D eigenvalue weighted by Gasteiger charge is 2.03. The van der Waals surface area contributed by atoms with Gasteiger partial charge >= 0.3 is 0 Å². The first kappa shape index (κ1) is 10.4. The fraction of sp³-hybridized carbons (Fsp3) is 0.400. The molecule has 0 aliphatic rings. The highest BCUT2D eigenvalue weighted by Crippen LogP contribution is 2.20. The van der Waals surface area contributed by atoms with Crippen molar-refractivity contribution in [1.29, 1.82) is 0 Å². The fourth-order valence-corrected chi connectivity index (χ4v) is 1.58. The Hall–Kier alpha value is -0.670.